The molecule has 0 unspecified atom stereocenters. The summed E-state index contributed by atoms with van der Waals surface area (Å²) in [4.78, 5) is 16.8. The molecule has 0 amide bonds. The van der Waals surface area contributed by atoms with Gasteiger partial charge in [-0.25, -0.2) is 4.98 Å². The van der Waals surface area contributed by atoms with Gasteiger partial charge in [-0.1, -0.05) is 35.1 Å². The van der Waals surface area contributed by atoms with Crippen molar-refractivity contribution in [1.82, 2.24) is 14.6 Å². The van der Waals surface area contributed by atoms with Gasteiger partial charge in [0, 0.05) is 18.2 Å². The minimum absolute atomic E-state index is 0.194. The lowest BCUT2D eigenvalue weighted by Crippen LogP contribution is -2.16. The Bertz CT molecular complexity index is 806. The predicted octanol–water partition coefficient (Wildman–Crippen LogP) is 1.59. The molecule has 0 aliphatic carbocycles. The summed E-state index contributed by atoms with van der Waals surface area (Å²) >= 11 is 1.39. The Hall–Kier alpha value is -2.05. The van der Waals surface area contributed by atoms with E-state index in [1.165, 1.54) is 21.9 Å². The first kappa shape index (κ1) is 12.0. The molecule has 5 nitrogen and oxygen atoms in total. The minimum atomic E-state index is -0.194. The summed E-state index contributed by atoms with van der Waals surface area (Å²) in [7, 11) is 0. The standard InChI is InChI=1S/C13H12N4OS/c1-8-3-2-4-9(5-8)12-16-17-11(18)6-10(7-14)15-13(17)19-12/h2-6H,7,14H2,1H3. The molecule has 19 heavy (non-hydrogen) atoms. The third kappa shape index (κ3) is 2.16. The monoisotopic (exact) mass is 272 g/mol. The van der Waals surface area contributed by atoms with Crippen molar-refractivity contribution in [3.05, 3.63) is 51.9 Å². The summed E-state index contributed by atoms with van der Waals surface area (Å²) in [5.74, 6) is 0. The summed E-state index contributed by atoms with van der Waals surface area (Å²) in [6.07, 6.45) is 0. The number of nitrogens with two attached hydrogens (primary N) is 1. The maximum atomic E-state index is 11.9. The molecule has 96 valence electrons. The van der Waals surface area contributed by atoms with Crippen LogP contribution in [0, 0.1) is 6.92 Å². The fraction of sp³-hybridized carbons (Fsp3) is 0.154. The summed E-state index contributed by atoms with van der Waals surface area (Å²) < 4.78 is 1.32. The third-order valence-corrected chi connectivity index (χ3v) is 3.73. The second-order valence-corrected chi connectivity index (χ2v) is 5.22. The van der Waals surface area contributed by atoms with E-state index in [2.05, 4.69) is 10.1 Å². The second-order valence-electron chi connectivity index (χ2n) is 4.26. The van der Waals surface area contributed by atoms with Crippen molar-refractivity contribution >= 4 is 16.3 Å². The second kappa shape index (κ2) is 4.56. The van der Waals surface area contributed by atoms with Crippen molar-refractivity contribution in [3.63, 3.8) is 0 Å². The highest BCUT2D eigenvalue weighted by Crippen LogP contribution is 2.24. The summed E-state index contributed by atoms with van der Waals surface area (Å²) in [6.45, 7) is 2.27. The fourth-order valence-electron chi connectivity index (χ4n) is 1.86. The summed E-state index contributed by atoms with van der Waals surface area (Å²) in [6, 6.07) is 9.42. The van der Waals surface area contributed by atoms with Gasteiger partial charge in [-0.15, -0.1) is 0 Å². The normalized spacial score (nSPS) is 11.1. The van der Waals surface area contributed by atoms with Crippen LogP contribution < -0.4 is 11.3 Å². The van der Waals surface area contributed by atoms with Crippen LogP contribution in [-0.4, -0.2) is 14.6 Å². The zero-order chi connectivity index (χ0) is 13.4. The van der Waals surface area contributed by atoms with Crippen molar-refractivity contribution in [2.45, 2.75) is 13.5 Å². The van der Waals surface area contributed by atoms with Crippen LogP contribution in [0.25, 0.3) is 15.5 Å². The summed E-state index contributed by atoms with van der Waals surface area (Å²) in [5, 5.41) is 5.10. The number of hydrogen-bond donors (Lipinski definition) is 1. The molecule has 2 N–H and O–H groups in total. The van der Waals surface area contributed by atoms with Gasteiger partial charge in [-0.3, -0.25) is 4.79 Å². The Morgan fingerprint density at radius 1 is 1.37 bits per heavy atom. The van der Waals surface area contributed by atoms with Crippen LogP contribution in [0.15, 0.2) is 35.1 Å². The molecule has 0 saturated heterocycles. The molecule has 2 heterocycles. The van der Waals surface area contributed by atoms with Gasteiger partial charge in [0.2, 0.25) is 4.96 Å². The minimum Gasteiger partial charge on any atom is -0.325 e. The van der Waals surface area contributed by atoms with Gasteiger partial charge in [0.1, 0.15) is 5.01 Å². The number of rotatable bonds is 2. The van der Waals surface area contributed by atoms with Gasteiger partial charge >= 0.3 is 0 Å². The molecule has 0 spiro atoms. The zero-order valence-corrected chi connectivity index (χ0v) is 11.1. The Balaban J connectivity index is 2.22. The molecule has 6 heteroatoms. The van der Waals surface area contributed by atoms with Gasteiger partial charge in [0.05, 0.1) is 5.69 Å². The van der Waals surface area contributed by atoms with Gasteiger partial charge in [0.15, 0.2) is 0 Å². The van der Waals surface area contributed by atoms with Gasteiger partial charge in [0.25, 0.3) is 5.56 Å². The smallest absolute Gasteiger partial charge is 0.275 e. The van der Waals surface area contributed by atoms with Crippen LogP contribution in [0.3, 0.4) is 0 Å². The van der Waals surface area contributed by atoms with Crippen molar-refractivity contribution in [2.75, 3.05) is 0 Å². The van der Waals surface area contributed by atoms with Crippen LogP contribution in [-0.2, 0) is 6.54 Å². The molecular weight excluding hydrogens is 260 g/mol. The number of hydrogen-bond acceptors (Lipinski definition) is 5. The highest BCUT2D eigenvalue weighted by Gasteiger charge is 2.10. The first-order valence-corrected chi connectivity index (χ1v) is 6.66. The molecule has 0 radical (unpaired) electrons. The average molecular weight is 272 g/mol. The van der Waals surface area contributed by atoms with E-state index in [0.29, 0.717) is 10.7 Å². The first-order chi connectivity index (χ1) is 9.17. The molecule has 0 saturated carbocycles. The lowest BCUT2D eigenvalue weighted by atomic mass is 10.1. The molecule has 0 bridgehead atoms. The lowest BCUT2D eigenvalue weighted by molar-refractivity contribution is 0.873. The van der Waals surface area contributed by atoms with Crippen molar-refractivity contribution in [2.24, 2.45) is 5.73 Å². The molecule has 3 rings (SSSR count). The van der Waals surface area contributed by atoms with E-state index in [4.69, 9.17) is 5.73 Å². The lowest BCUT2D eigenvalue weighted by Gasteiger charge is -1.95. The predicted molar refractivity (Wildman–Crippen MR) is 75.2 cm³/mol. The molecular formula is C13H12N4OS. The van der Waals surface area contributed by atoms with E-state index in [1.54, 1.807) is 0 Å². The van der Waals surface area contributed by atoms with Gasteiger partial charge < -0.3 is 5.73 Å². The van der Waals surface area contributed by atoms with E-state index in [-0.39, 0.29) is 12.1 Å². The number of aromatic nitrogens is 3. The largest absolute Gasteiger partial charge is 0.325 e. The molecule has 0 fully saturated rings. The Kier molecular flexibility index (Phi) is 2.88. The molecule has 0 aliphatic heterocycles. The van der Waals surface area contributed by atoms with Crippen LogP contribution >= 0.6 is 11.3 Å². The maximum absolute atomic E-state index is 11.9. The molecule has 0 atom stereocenters. The maximum Gasteiger partial charge on any atom is 0.275 e. The number of nitrogens with zero attached hydrogens (tertiary/aromatic N) is 3. The Morgan fingerprint density at radius 2 is 2.21 bits per heavy atom. The van der Waals surface area contributed by atoms with E-state index >= 15 is 0 Å². The number of fused-ring (bicyclic) bond motifs is 1. The van der Waals surface area contributed by atoms with Gasteiger partial charge in [-0.05, 0) is 13.0 Å². The van der Waals surface area contributed by atoms with Crippen molar-refractivity contribution < 1.29 is 0 Å². The van der Waals surface area contributed by atoms with Crippen molar-refractivity contribution in [1.29, 1.82) is 0 Å². The van der Waals surface area contributed by atoms with Crippen LogP contribution in [0.5, 0.6) is 0 Å². The quantitative estimate of drug-likeness (QED) is 0.768. The topological polar surface area (TPSA) is 73.3 Å². The van der Waals surface area contributed by atoms with E-state index < -0.39 is 0 Å². The first-order valence-electron chi connectivity index (χ1n) is 5.84. The molecule has 2 aromatic heterocycles. The van der Waals surface area contributed by atoms with Gasteiger partial charge in [-0.2, -0.15) is 9.61 Å². The van der Waals surface area contributed by atoms with Crippen LogP contribution in [0.1, 0.15) is 11.3 Å². The SMILES string of the molecule is Cc1cccc(-c2nn3c(=O)cc(CN)nc3s2)c1. The fourth-order valence-corrected chi connectivity index (χ4v) is 2.78. The van der Waals surface area contributed by atoms with E-state index in [0.717, 1.165) is 16.1 Å². The van der Waals surface area contributed by atoms with E-state index in [9.17, 15) is 4.79 Å². The highest BCUT2D eigenvalue weighted by molar-refractivity contribution is 7.19. The van der Waals surface area contributed by atoms with Crippen LogP contribution in [0.2, 0.25) is 0 Å². The number of aryl methyl sites for hydroxylation is 1. The third-order valence-electron chi connectivity index (χ3n) is 2.77. The molecule has 3 aromatic rings. The number of benzene rings is 1. The zero-order valence-electron chi connectivity index (χ0n) is 10.3. The Labute approximate surface area is 113 Å². The van der Waals surface area contributed by atoms with Crippen molar-refractivity contribution in [3.8, 4) is 10.6 Å². The molecule has 1 aromatic carbocycles. The van der Waals surface area contributed by atoms with Crippen LogP contribution in [0.4, 0.5) is 0 Å². The highest BCUT2D eigenvalue weighted by atomic mass is 32.1. The molecule has 0 aliphatic rings. The Morgan fingerprint density at radius 3 is 2.95 bits per heavy atom. The summed E-state index contributed by atoms with van der Waals surface area (Å²) in [5.41, 5.74) is 8.06. The average Bonchev–Trinajstić information content (AvgIpc) is 2.83. The van der Waals surface area contributed by atoms with E-state index in [1.807, 2.05) is 31.2 Å².